The Morgan fingerprint density at radius 2 is 1.83 bits per heavy atom. The van der Waals surface area contributed by atoms with E-state index in [0.717, 1.165) is 12.8 Å². The third-order valence-electron chi connectivity index (χ3n) is 5.15. The Balaban J connectivity index is 2.14. The van der Waals surface area contributed by atoms with E-state index in [-0.39, 0.29) is 16.5 Å². The maximum absolute atomic E-state index is 13.0. The minimum Gasteiger partial charge on any atom is -0.295 e. The summed E-state index contributed by atoms with van der Waals surface area (Å²) in [5.74, 6) is 0.0621. The lowest BCUT2D eigenvalue weighted by molar-refractivity contribution is 0.276. The molecule has 0 bridgehead atoms. The van der Waals surface area contributed by atoms with Crippen molar-refractivity contribution < 1.29 is 8.42 Å². The summed E-state index contributed by atoms with van der Waals surface area (Å²) >= 11 is 0. The van der Waals surface area contributed by atoms with Crippen molar-refractivity contribution in [2.24, 2.45) is 20.0 Å². The van der Waals surface area contributed by atoms with Crippen LogP contribution in [0.5, 0.6) is 0 Å². The van der Waals surface area contributed by atoms with Crippen molar-refractivity contribution in [3.05, 3.63) is 28.7 Å². The van der Waals surface area contributed by atoms with Crippen LogP contribution in [0.1, 0.15) is 19.8 Å². The molecule has 1 aromatic carbocycles. The van der Waals surface area contributed by atoms with Gasteiger partial charge >= 0.3 is 5.69 Å². The number of sulfonamides is 1. The van der Waals surface area contributed by atoms with Gasteiger partial charge in [-0.3, -0.25) is 9.13 Å². The molecule has 0 aliphatic heterocycles. The lowest BCUT2D eigenvalue weighted by Crippen LogP contribution is -2.47. The highest BCUT2D eigenvalue weighted by Crippen LogP contribution is 2.44. The number of fused-ring (bicyclic) bond motifs is 1. The fraction of sp³-hybridized carbons (Fsp3) is 0.500. The van der Waals surface area contributed by atoms with Gasteiger partial charge in [-0.1, -0.05) is 0 Å². The fourth-order valence-corrected chi connectivity index (χ4v) is 4.63. The fourth-order valence-electron chi connectivity index (χ4n) is 3.12. The van der Waals surface area contributed by atoms with Crippen LogP contribution in [0.2, 0.25) is 0 Å². The summed E-state index contributed by atoms with van der Waals surface area (Å²) in [4.78, 5) is 12.1. The zero-order valence-corrected chi connectivity index (χ0v) is 15.0. The van der Waals surface area contributed by atoms with Crippen molar-refractivity contribution in [1.29, 1.82) is 5.26 Å². The second-order valence-corrected chi connectivity index (χ2v) is 8.53. The maximum atomic E-state index is 13.0. The molecule has 3 rings (SSSR count). The van der Waals surface area contributed by atoms with Gasteiger partial charge in [0.2, 0.25) is 10.0 Å². The molecule has 1 aliphatic rings. The minimum absolute atomic E-state index is 0.0621. The molecule has 0 amide bonds. The Morgan fingerprint density at radius 1 is 1.25 bits per heavy atom. The first-order chi connectivity index (χ1) is 11.1. The Hall–Kier alpha value is -2.11. The van der Waals surface area contributed by atoms with Crippen LogP contribution in [0, 0.1) is 17.2 Å². The van der Waals surface area contributed by atoms with E-state index in [1.54, 1.807) is 27.1 Å². The van der Waals surface area contributed by atoms with Gasteiger partial charge in [-0.05, 0) is 43.9 Å². The van der Waals surface area contributed by atoms with Crippen LogP contribution in [0.15, 0.2) is 27.9 Å². The summed E-state index contributed by atoms with van der Waals surface area (Å²) in [7, 11) is 0.859. The predicted octanol–water partition coefficient (Wildman–Crippen LogP) is 1.19. The number of rotatable bonds is 4. The van der Waals surface area contributed by atoms with Gasteiger partial charge in [-0.25, -0.2) is 13.2 Å². The van der Waals surface area contributed by atoms with Gasteiger partial charge in [0, 0.05) is 21.1 Å². The van der Waals surface area contributed by atoms with Gasteiger partial charge < -0.3 is 0 Å². The third-order valence-corrected chi connectivity index (χ3v) is 7.10. The quantitative estimate of drug-likeness (QED) is 0.830. The molecular weight excluding hydrogens is 328 g/mol. The van der Waals surface area contributed by atoms with Crippen LogP contribution in [-0.2, 0) is 24.1 Å². The van der Waals surface area contributed by atoms with Gasteiger partial charge in [0.15, 0.2) is 0 Å². The highest BCUT2D eigenvalue weighted by atomic mass is 32.2. The lowest BCUT2D eigenvalue weighted by Gasteiger charge is -2.32. The summed E-state index contributed by atoms with van der Waals surface area (Å²) in [5.41, 5.74) is -0.0692. The third kappa shape index (κ3) is 2.19. The molecule has 1 heterocycles. The molecular formula is C16H20N4O3S. The van der Waals surface area contributed by atoms with E-state index >= 15 is 0 Å². The summed E-state index contributed by atoms with van der Waals surface area (Å²) in [6.45, 7) is 1.67. The monoisotopic (exact) mass is 348 g/mol. The van der Waals surface area contributed by atoms with Crippen LogP contribution in [0.3, 0.4) is 0 Å². The molecule has 1 saturated carbocycles. The van der Waals surface area contributed by atoms with E-state index in [2.05, 4.69) is 6.07 Å². The summed E-state index contributed by atoms with van der Waals surface area (Å²) in [6.07, 6.45) is 1.71. The van der Waals surface area contributed by atoms with E-state index in [4.69, 9.17) is 0 Å². The highest BCUT2D eigenvalue weighted by molar-refractivity contribution is 7.89. The van der Waals surface area contributed by atoms with Crippen molar-refractivity contribution in [3.8, 4) is 6.07 Å². The zero-order chi connectivity index (χ0) is 17.9. The van der Waals surface area contributed by atoms with E-state index in [0.29, 0.717) is 11.0 Å². The molecule has 1 fully saturated rings. The smallest absolute Gasteiger partial charge is 0.295 e. The van der Waals surface area contributed by atoms with Crippen molar-refractivity contribution in [2.75, 3.05) is 7.05 Å². The first-order valence-corrected chi connectivity index (χ1v) is 9.14. The molecule has 1 aliphatic carbocycles. The van der Waals surface area contributed by atoms with Crippen LogP contribution in [-0.4, -0.2) is 34.4 Å². The maximum Gasteiger partial charge on any atom is 0.328 e. The Bertz CT molecular complexity index is 1020. The van der Waals surface area contributed by atoms with Gasteiger partial charge in [-0.2, -0.15) is 9.57 Å². The number of nitriles is 1. The lowest BCUT2D eigenvalue weighted by atomic mass is 9.99. The van der Waals surface area contributed by atoms with Crippen molar-refractivity contribution in [2.45, 2.75) is 30.2 Å². The van der Waals surface area contributed by atoms with Crippen molar-refractivity contribution >= 4 is 21.1 Å². The van der Waals surface area contributed by atoms with E-state index in [9.17, 15) is 18.5 Å². The second kappa shape index (κ2) is 5.19. The predicted molar refractivity (Wildman–Crippen MR) is 89.9 cm³/mol. The number of hydrogen-bond acceptors (Lipinski definition) is 4. The summed E-state index contributed by atoms with van der Waals surface area (Å²) in [6, 6.07) is 6.77. The van der Waals surface area contributed by atoms with Crippen LogP contribution in [0.25, 0.3) is 11.0 Å². The van der Waals surface area contributed by atoms with E-state index in [1.807, 2.05) is 0 Å². The van der Waals surface area contributed by atoms with E-state index in [1.165, 1.54) is 32.6 Å². The van der Waals surface area contributed by atoms with Gasteiger partial charge in [-0.15, -0.1) is 0 Å². The first kappa shape index (κ1) is 16.7. The molecule has 0 unspecified atom stereocenters. The topological polar surface area (TPSA) is 88.1 Å². The summed E-state index contributed by atoms with van der Waals surface area (Å²) in [5, 5.41) is 9.53. The van der Waals surface area contributed by atoms with Crippen LogP contribution >= 0.6 is 0 Å². The second-order valence-electron chi connectivity index (χ2n) is 6.56. The molecule has 0 spiro atoms. The molecule has 1 atom stereocenters. The van der Waals surface area contributed by atoms with E-state index < -0.39 is 15.6 Å². The summed E-state index contributed by atoms with van der Waals surface area (Å²) < 4.78 is 30.0. The molecule has 1 aromatic heterocycles. The number of nitrogens with zero attached hydrogens (tertiary/aromatic N) is 4. The Morgan fingerprint density at radius 3 is 2.38 bits per heavy atom. The first-order valence-electron chi connectivity index (χ1n) is 7.70. The van der Waals surface area contributed by atoms with Crippen LogP contribution in [0.4, 0.5) is 0 Å². The largest absolute Gasteiger partial charge is 0.328 e. The molecule has 128 valence electrons. The molecule has 2 aromatic rings. The number of aromatic nitrogens is 2. The Kier molecular flexibility index (Phi) is 3.62. The average molecular weight is 348 g/mol. The molecule has 8 heteroatoms. The number of hydrogen-bond donors (Lipinski definition) is 0. The Labute approximate surface area is 140 Å². The van der Waals surface area contributed by atoms with Gasteiger partial charge in [0.1, 0.15) is 5.54 Å². The van der Waals surface area contributed by atoms with Gasteiger partial charge in [0.05, 0.1) is 22.0 Å². The molecule has 7 nitrogen and oxygen atoms in total. The standard InChI is InChI=1S/C16H20N4O3S/c1-16(10-17,11-5-6-11)20(4)24(22,23)12-7-8-13-14(9-12)19(3)15(21)18(13)2/h7-9,11H,5-6H2,1-4H3/t16-/m0/s1. The number of imidazole rings is 1. The van der Waals surface area contributed by atoms with Crippen molar-refractivity contribution in [3.63, 3.8) is 0 Å². The molecule has 0 radical (unpaired) electrons. The SMILES string of the molecule is CN([C@@](C)(C#N)C1CC1)S(=O)(=O)c1ccc2c(c1)n(C)c(=O)n2C. The van der Waals surface area contributed by atoms with Crippen molar-refractivity contribution in [1.82, 2.24) is 13.4 Å². The molecule has 24 heavy (non-hydrogen) atoms. The number of aryl methyl sites for hydroxylation is 2. The number of benzene rings is 1. The molecule has 0 saturated heterocycles. The van der Waals surface area contributed by atoms with Gasteiger partial charge in [0.25, 0.3) is 0 Å². The normalized spacial score (nSPS) is 17.8. The highest BCUT2D eigenvalue weighted by Gasteiger charge is 2.49. The average Bonchev–Trinajstić information content (AvgIpc) is 3.40. The minimum atomic E-state index is -3.84. The molecule has 0 N–H and O–H groups in total. The zero-order valence-electron chi connectivity index (χ0n) is 14.1. The van der Waals surface area contributed by atoms with Crippen LogP contribution < -0.4 is 5.69 Å².